The molecule has 3 heteroatoms. The standard InChI is InChI=1S/C14H21NO2/c1-10-6-4-5-7-13(10)8-9-15-12(3)11(2)14(16)17/h4-7,11-12,15H,8-9H2,1-3H3,(H,16,17). The van der Waals surface area contributed by atoms with Crippen LogP contribution in [0.15, 0.2) is 24.3 Å². The van der Waals surface area contributed by atoms with E-state index in [4.69, 9.17) is 5.11 Å². The molecule has 0 bridgehead atoms. The summed E-state index contributed by atoms with van der Waals surface area (Å²) in [5, 5.41) is 12.1. The third kappa shape index (κ3) is 4.19. The van der Waals surface area contributed by atoms with Crippen LogP contribution < -0.4 is 5.32 Å². The lowest BCUT2D eigenvalue weighted by Gasteiger charge is -2.18. The molecular formula is C14H21NO2. The summed E-state index contributed by atoms with van der Waals surface area (Å²) in [6, 6.07) is 8.27. The zero-order chi connectivity index (χ0) is 12.8. The largest absolute Gasteiger partial charge is 0.481 e. The van der Waals surface area contributed by atoms with Gasteiger partial charge in [-0.3, -0.25) is 4.79 Å². The highest BCUT2D eigenvalue weighted by Gasteiger charge is 2.18. The van der Waals surface area contributed by atoms with Crippen LogP contribution in [0, 0.1) is 12.8 Å². The number of nitrogens with one attached hydrogen (secondary N) is 1. The molecule has 0 amide bonds. The van der Waals surface area contributed by atoms with E-state index in [0.29, 0.717) is 0 Å². The van der Waals surface area contributed by atoms with Crippen LogP contribution >= 0.6 is 0 Å². The molecule has 3 nitrogen and oxygen atoms in total. The number of carboxylic acid groups (broad SMARTS) is 1. The molecule has 94 valence electrons. The van der Waals surface area contributed by atoms with E-state index >= 15 is 0 Å². The van der Waals surface area contributed by atoms with Crippen molar-refractivity contribution in [2.75, 3.05) is 6.54 Å². The van der Waals surface area contributed by atoms with E-state index < -0.39 is 5.97 Å². The van der Waals surface area contributed by atoms with E-state index in [0.717, 1.165) is 13.0 Å². The van der Waals surface area contributed by atoms with E-state index in [9.17, 15) is 4.79 Å². The Morgan fingerprint density at radius 3 is 2.59 bits per heavy atom. The highest BCUT2D eigenvalue weighted by Crippen LogP contribution is 2.08. The van der Waals surface area contributed by atoms with Crippen LogP contribution in [0.5, 0.6) is 0 Å². The van der Waals surface area contributed by atoms with Gasteiger partial charge in [0.05, 0.1) is 5.92 Å². The summed E-state index contributed by atoms with van der Waals surface area (Å²) in [6.07, 6.45) is 0.934. The molecule has 0 aromatic heterocycles. The first-order chi connectivity index (χ1) is 8.02. The van der Waals surface area contributed by atoms with Crippen LogP contribution in [0.25, 0.3) is 0 Å². The fourth-order valence-corrected chi connectivity index (χ4v) is 1.72. The number of carboxylic acids is 1. The minimum Gasteiger partial charge on any atom is -0.481 e. The monoisotopic (exact) mass is 235 g/mol. The van der Waals surface area contributed by atoms with Crippen LogP contribution in [0.3, 0.4) is 0 Å². The normalized spacial score (nSPS) is 14.3. The number of hydrogen-bond donors (Lipinski definition) is 2. The number of carbonyl (C=O) groups is 1. The van der Waals surface area contributed by atoms with Gasteiger partial charge in [0, 0.05) is 6.04 Å². The van der Waals surface area contributed by atoms with Gasteiger partial charge in [-0.2, -0.15) is 0 Å². The maximum Gasteiger partial charge on any atom is 0.307 e. The van der Waals surface area contributed by atoms with Crippen molar-refractivity contribution in [1.29, 1.82) is 0 Å². The van der Waals surface area contributed by atoms with Gasteiger partial charge in [0.2, 0.25) is 0 Å². The maximum absolute atomic E-state index is 10.8. The summed E-state index contributed by atoms with van der Waals surface area (Å²) in [5.41, 5.74) is 2.60. The molecule has 2 atom stereocenters. The highest BCUT2D eigenvalue weighted by atomic mass is 16.4. The molecular weight excluding hydrogens is 214 g/mol. The molecule has 0 spiro atoms. The van der Waals surface area contributed by atoms with Gasteiger partial charge in [-0.1, -0.05) is 31.2 Å². The van der Waals surface area contributed by atoms with Crippen molar-refractivity contribution < 1.29 is 9.90 Å². The predicted octanol–water partition coefficient (Wildman–Crippen LogP) is 2.24. The molecule has 0 saturated heterocycles. The molecule has 17 heavy (non-hydrogen) atoms. The summed E-state index contributed by atoms with van der Waals surface area (Å²) in [7, 11) is 0. The van der Waals surface area contributed by atoms with Crippen molar-refractivity contribution in [3.8, 4) is 0 Å². The Kier molecular flexibility index (Phi) is 5.16. The van der Waals surface area contributed by atoms with Crippen molar-refractivity contribution >= 4 is 5.97 Å². The summed E-state index contributed by atoms with van der Waals surface area (Å²) in [5.74, 6) is -1.10. The Morgan fingerprint density at radius 1 is 1.35 bits per heavy atom. The molecule has 0 heterocycles. The van der Waals surface area contributed by atoms with Gasteiger partial charge in [-0.05, 0) is 37.9 Å². The lowest BCUT2D eigenvalue weighted by Crippen LogP contribution is -2.37. The third-order valence-electron chi connectivity index (χ3n) is 3.26. The molecule has 0 saturated carbocycles. The Balaban J connectivity index is 2.38. The Hall–Kier alpha value is -1.35. The smallest absolute Gasteiger partial charge is 0.307 e. The maximum atomic E-state index is 10.8. The van der Waals surface area contributed by atoms with Gasteiger partial charge in [-0.25, -0.2) is 0 Å². The molecule has 2 unspecified atom stereocenters. The van der Waals surface area contributed by atoms with E-state index in [1.54, 1.807) is 6.92 Å². The van der Waals surface area contributed by atoms with Crippen molar-refractivity contribution in [2.24, 2.45) is 5.92 Å². The lowest BCUT2D eigenvalue weighted by atomic mass is 10.0. The topological polar surface area (TPSA) is 49.3 Å². The predicted molar refractivity (Wildman–Crippen MR) is 69.1 cm³/mol. The van der Waals surface area contributed by atoms with Crippen LogP contribution in [0.4, 0.5) is 0 Å². The molecule has 1 aromatic carbocycles. The van der Waals surface area contributed by atoms with Gasteiger partial charge in [0.1, 0.15) is 0 Å². The van der Waals surface area contributed by atoms with E-state index in [1.807, 2.05) is 19.1 Å². The Labute approximate surface area is 103 Å². The Morgan fingerprint density at radius 2 is 2.00 bits per heavy atom. The summed E-state index contributed by atoms with van der Waals surface area (Å²) in [6.45, 7) is 6.55. The van der Waals surface area contributed by atoms with E-state index in [2.05, 4.69) is 24.4 Å². The molecule has 0 aliphatic heterocycles. The zero-order valence-corrected chi connectivity index (χ0v) is 10.7. The summed E-state index contributed by atoms with van der Waals surface area (Å²) < 4.78 is 0. The van der Waals surface area contributed by atoms with Crippen LogP contribution in [-0.2, 0) is 11.2 Å². The second-order valence-corrected chi connectivity index (χ2v) is 4.55. The fourth-order valence-electron chi connectivity index (χ4n) is 1.72. The fraction of sp³-hybridized carbons (Fsp3) is 0.500. The first-order valence-corrected chi connectivity index (χ1v) is 6.03. The first kappa shape index (κ1) is 13.7. The molecule has 0 fully saturated rings. The molecule has 0 aliphatic rings. The number of rotatable bonds is 6. The lowest BCUT2D eigenvalue weighted by molar-refractivity contribution is -0.141. The van der Waals surface area contributed by atoms with Crippen molar-refractivity contribution in [2.45, 2.75) is 33.2 Å². The van der Waals surface area contributed by atoms with Gasteiger partial charge in [0.25, 0.3) is 0 Å². The molecule has 0 radical (unpaired) electrons. The minimum atomic E-state index is -0.749. The van der Waals surface area contributed by atoms with Gasteiger partial charge < -0.3 is 10.4 Å². The van der Waals surface area contributed by atoms with E-state index in [1.165, 1.54) is 11.1 Å². The van der Waals surface area contributed by atoms with Gasteiger partial charge >= 0.3 is 5.97 Å². The first-order valence-electron chi connectivity index (χ1n) is 6.03. The third-order valence-corrected chi connectivity index (χ3v) is 3.26. The average Bonchev–Trinajstić information content (AvgIpc) is 2.30. The Bertz CT molecular complexity index is 376. The van der Waals surface area contributed by atoms with E-state index in [-0.39, 0.29) is 12.0 Å². The number of aliphatic carboxylic acids is 1. The summed E-state index contributed by atoms with van der Waals surface area (Å²) >= 11 is 0. The van der Waals surface area contributed by atoms with Crippen molar-refractivity contribution in [3.05, 3.63) is 35.4 Å². The minimum absolute atomic E-state index is 0.00322. The van der Waals surface area contributed by atoms with Crippen LogP contribution in [-0.4, -0.2) is 23.7 Å². The summed E-state index contributed by atoms with van der Waals surface area (Å²) in [4.78, 5) is 10.8. The van der Waals surface area contributed by atoms with Crippen molar-refractivity contribution in [1.82, 2.24) is 5.32 Å². The van der Waals surface area contributed by atoms with Crippen LogP contribution in [0.2, 0.25) is 0 Å². The number of hydrogen-bond acceptors (Lipinski definition) is 2. The average molecular weight is 235 g/mol. The van der Waals surface area contributed by atoms with Gasteiger partial charge in [0.15, 0.2) is 0 Å². The molecule has 1 rings (SSSR count). The second kappa shape index (κ2) is 6.40. The van der Waals surface area contributed by atoms with Crippen LogP contribution in [0.1, 0.15) is 25.0 Å². The SMILES string of the molecule is Cc1ccccc1CCNC(C)C(C)C(=O)O. The number of benzene rings is 1. The van der Waals surface area contributed by atoms with Crippen molar-refractivity contribution in [3.63, 3.8) is 0 Å². The number of aryl methyl sites for hydroxylation is 1. The zero-order valence-electron chi connectivity index (χ0n) is 10.7. The highest BCUT2D eigenvalue weighted by molar-refractivity contribution is 5.70. The van der Waals surface area contributed by atoms with Gasteiger partial charge in [-0.15, -0.1) is 0 Å². The molecule has 0 aliphatic carbocycles. The second-order valence-electron chi connectivity index (χ2n) is 4.55. The quantitative estimate of drug-likeness (QED) is 0.795. The molecule has 1 aromatic rings. The molecule has 2 N–H and O–H groups in total.